The summed E-state index contributed by atoms with van der Waals surface area (Å²) in [6.45, 7) is 9.41. The first-order chi connectivity index (χ1) is 9.63. The standard InChI is InChI=1S/C17H27ClN2/c1-14(2)13-20-11-8-17(9-12-20)19-10-7-15-3-5-16(18)6-4-15/h3-6,14,17,19H,7-13H2,1-2H3. The van der Waals surface area contributed by atoms with E-state index >= 15 is 0 Å². The Labute approximate surface area is 128 Å². The van der Waals surface area contributed by atoms with Gasteiger partial charge in [-0.15, -0.1) is 0 Å². The van der Waals surface area contributed by atoms with Gasteiger partial charge in [-0.05, 0) is 62.5 Å². The van der Waals surface area contributed by atoms with Crippen LogP contribution in [-0.2, 0) is 6.42 Å². The van der Waals surface area contributed by atoms with Crippen molar-refractivity contribution >= 4 is 11.6 Å². The lowest BCUT2D eigenvalue weighted by atomic mass is 10.0. The maximum absolute atomic E-state index is 5.90. The Bertz CT molecular complexity index is 380. The summed E-state index contributed by atoms with van der Waals surface area (Å²) in [5, 5.41) is 4.52. The van der Waals surface area contributed by atoms with Gasteiger partial charge in [-0.3, -0.25) is 0 Å². The maximum atomic E-state index is 5.90. The van der Waals surface area contributed by atoms with Crippen molar-refractivity contribution in [1.82, 2.24) is 10.2 Å². The zero-order valence-electron chi connectivity index (χ0n) is 12.7. The molecule has 1 heterocycles. The van der Waals surface area contributed by atoms with E-state index in [9.17, 15) is 0 Å². The number of hydrogen-bond donors (Lipinski definition) is 1. The van der Waals surface area contributed by atoms with Gasteiger partial charge in [0, 0.05) is 17.6 Å². The van der Waals surface area contributed by atoms with Crippen LogP contribution in [0.4, 0.5) is 0 Å². The van der Waals surface area contributed by atoms with Crippen LogP contribution in [-0.4, -0.2) is 37.1 Å². The van der Waals surface area contributed by atoms with Crippen molar-refractivity contribution in [3.63, 3.8) is 0 Å². The summed E-state index contributed by atoms with van der Waals surface area (Å²) in [4.78, 5) is 2.60. The number of piperidine rings is 1. The highest BCUT2D eigenvalue weighted by atomic mass is 35.5. The minimum absolute atomic E-state index is 0.700. The van der Waals surface area contributed by atoms with Crippen molar-refractivity contribution in [2.24, 2.45) is 5.92 Å². The molecule has 1 aliphatic rings. The first-order valence-corrected chi connectivity index (χ1v) is 8.21. The molecule has 0 unspecified atom stereocenters. The van der Waals surface area contributed by atoms with E-state index in [2.05, 4.69) is 36.2 Å². The lowest BCUT2D eigenvalue weighted by Gasteiger charge is -2.33. The Morgan fingerprint density at radius 2 is 1.85 bits per heavy atom. The van der Waals surface area contributed by atoms with Gasteiger partial charge >= 0.3 is 0 Å². The molecular formula is C17H27ClN2. The topological polar surface area (TPSA) is 15.3 Å². The van der Waals surface area contributed by atoms with Crippen molar-refractivity contribution in [2.45, 2.75) is 39.2 Å². The number of benzene rings is 1. The molecule has 2 rings (SSSR count). The molecule has 0 bridgehead atoms. The Hall–Kier alpha value is -0.570. The molecule has 1 N–H and O–H groups in total. The first-order valence-electron chi connectivity index (χ1n) is 7.83. The average Bonchev–Trinajstić information content (AvgIpc) is 2.42. The number of nitrogens with zero attached hydrogens (tertiary/aromatic N) is 1. The minimum Gasteiger partial charge on any atom is -0.314 e. The van der Waals surface area contributed by atoms with E-state index in [-0.39, 0.29) is 0 Å². The normalized spacial score (nSPS) is 17.8. The minimum atomic E-state index is 0.700. The van der Waals surface area contributed by atoms with Crippen LogP contribution in [0.25, 0.3) is 0 Å². The highest BCUT2D eigenvalue weighted by molar-refractivity contribution is 6.30. The van der Waals surface area contributed by atoms with E-state index in [1.54, 1.807) is 0 Å². The van der Waals surface area contributed by atoms with Crippen molar-refractivity contribution in [3.05, 3.63) is 34.9 Å². The molecule has 20 heavy (non-hydrogen) atoms. The number of rotatable bonds is 6. The van der Waals surface area contributed by atoms with Crippen LogP contribution in [0.15, 0.2) is 24.3 Å². The van der Waals surface area contributed by atoms with Gasteiger partial charge in [0.1, 0.15) is 0 Å². The van der Waals surface area contributed by atoms with Gasteiger partial charge in [0.15, 0.2) is 0 Å². The molecule has 1 fully saturated rings. The predicted molar refractivity (Wildman–Crippen MR) is 87.5 cm³/mol. The zero-order valence-corrected chi connectivity index (χ0v) is 13.5. The zero-order chi connectivity index (χ0) is 14.4. The van der Waals surface area contributed by atoms with Crippen LogP contribution in [0.2, 0.25) is 5.02 Å². The second kappa shape index (κ2) is 8.02. The second-order valence-corrected chi connectivity index (χ2v) is 6.74. The molecule has 0 atom stereocenters. The largest absolute Gasteiger partial charge is 0.314 e. The molecule has 1 aliphatic heterocycles. The summed E-state index contributed by atoms with van der Waals surface area (Å²) in [7, 11) is 0. The number of halogens is 1. The lowest BCUT2D eigenvalue weighted by molar-refractivity contribution is 0.180. The van der Waals surface area contributed by atoms with Crippen LogP contribution in [0.3, 0.4) is 0 Å². The molecule has 112 valence electrons. The first kappa shape index (κ1) is 15.8. The highest BCUT2D eigenvalue weighted by Gasteiger charge is 2.18. The molecule has 0 aliphatic carbocycles. The monoisotopic (exact) mass is 294 g/mol. The molecule has 1 aromatic carbocycles. The summed E-state index contributed by atoms with van der Waals surface area (Å²) in [6, 6.07) is 8.89. The maximum Gasteiger partial charge on any atom is 0.0406 e. The van der Waals surface area contributed by atoms with Gasteiger partial charge in [0.05, 0.1) is 0 Å². The third kappa shape index (κ3) is 5.43. The number of likely N-dealkylation sites (tertiary alicyclic amines) is 1. The molecule has 0 amide bonds. The van der Waals surface area contributed by atoms with Crippen molar-refractivity contribution in [2.75, 3.05) is 26.2 Å². The summed E-state index contributed by atoms with van der Waals surface area (Å²) in [5.74, 6) is 0.782. The van der Waals surface area contributed by atoms with Crippen LogP contribution in [0.1, 0.15) is 32.3 Å². The van der Waals surface area contributed by atoms with Gasteiger partial charge < -0.3 is 10.2 Å². The van der Waals surface area contributed by atoms with Crippen LogP contribution in [0.5, 0.6) is 0 Å². The van der Waals surface area contributed by atoms with E-state index in [1.807, 2.05) is 12.1 Å². The number of nitrogens with one attached hydrogen (secondary N) is 1. The molecule has 1 saturated heterocycles. The van der Waals surface area contributed by atoms with Gasteiger partial charge in [0.2, 0.25) is 0 Å². The molecule has 0 radical (unpaired) electrons. The van der Waals surface area contributed by atoms with Crippen LogP contribution in [0, 0.1) is 5.92 Å². The van der Waals surface area contributed by atoms with Gasteiger partial charge in [0.25, 0.3) is 0 Å². The predicted octanol–water partition coefficient (Wildman–Crippen LogP) is 3.59. The Balaban J connectivity index is 1.62. The van der Waals surface area contributed by atoms with Crippen LogP contribution < -0.4 is 5.32 Å². The summed E-state index contributed by atoms with van der Waals surface area (Å²) in [6.07, 6.45) is 3.66. The lowest BCUT2D eigenvalue weighted by Crippen LogP contribution is -2.44. The fraction of sp³-hybridized carbons (Fsp3) is 0.647. The quantitative estimate of drug-likeness (QED) is 0.862. The molecule has 0 saturated carbocycles. The molecule has 0 spiro atoms. The van der Waals surface area contributed by atoms with Crippen molar-refractivity contribution in [1.29, 1.82) is 0 Å². The SMILES string of the molecule is CC(C)CN1CCC(NCCc2ccc(Cl)cc2)CC1. The fourth-order valence-corrected chi connectivity index (χ4v) is 3.03. The van der Waals surface area contributed by atoms with Crippen LogP contribution >= 0.6 is 11.6 Å². The van der Waals surface area contributed by atoms with E-state index in [0.29, 0.717) is 6.04 Å². The molecular weight excluding hydrogens is 268 g/mol. The summed E-state index contributed by atoms with van der Waals surface area (Å²) >= 11 is 5.90. The fourth-order valence-electron chi connectivity index (χ4n) is 2.91. The van der Waals surface area contributed by atoms with E-state index in [1.165, 1.54) is 38.0 Å². The Morgan fingerprint density at radius 3 is 2.45 bits per heavy atom. The summed E-state index contributed by atoms with van der Waals surface area (Å²) in [5.41, 5.74) is 1.36. The van der Waals surface area contributed by atoms with Crippen molar-refractivity contribution < 1.29 is 0 Å². The third-order valence-electron chi connectivity index (χ3n) is 3.97. The van der Waals surface area contributed by atoms with Gasteiger partial charge in [-0.1, -0.05) is 37.6 Å². The molecule has 3 heteroatoms. The van der Waals surface area contributed by atoms with Gasteiger partial charge in [-0.25, -0.2) is 0 Å². The van der Waals surface area contributed by atoms with Gasteiger partial charge in [-0.2, -0.15) is 0 Å². The average molecular weight is 295 g/mol. The summed E-state index contributed by atoms with van der Waals surface area (Å²) < 4.78 is 0. The third-order valence-corrected chi connectivity index (χ3v) is 4.22. The number of hydrogen-bond acceptors (Lipinski definition) is 2. The van der Waals surface area contributed by atoms with E-state index in [0.717, 1.165) is 23.9 Å². The highest BCUT2D eigenvalue weighted by Crippen LogP contribution is 2.13. The Kier molecular flexibility index (Phi) is 6.34. The molecule has 2 nitrogen and oxygen atoms in total. The van der Waals surface area contributed by atoms with E-state index < -0.39 is 0 Å². The Morgan fingerprint density at radius 1 is 1.20 bits per heavy atom. The smallest absolute Gasteiger partial charge is 0.0406 e. The molecule has 1 aromatic rings. The van der Waals surface area contributed by atoms with Crippen molar-refractivity contribution in [3.8, 4) is 0 Å². The molecule has 0 aromatic heterocycles. The second-order valence-electron chi connectivity index (χ2n) is 6.30. The van der Waals surface area contributed by atoms with E-state index in [4.69, 9.17) is 11.6 Å².